The molecule has 1 aromatic carbocycles. The molecule has 76 valence electrons. The van der Waals surface area contributed by atoms with Crippen LogP contribution in [-0.2, 0) is 17.6 Å². The first-order chi connectivity index (χ1) is 6.54. The number of aryl methyl sites for hydroxylation is 2. The lowest BCUT2D eigenvalue weighted by atomic mass is 10.0. The van der Waals surface area contributed by atoms with Crippen molar-refractivity contribution in [3.63, 3.8) is 0 Å². The second-order valence-corrected chi connectivity index (χ2v) is 4.73. The highest BCUT2D eigenvalue weighted by Crippen LogP contribution is 2.34. The minimum atomic E-state index is 0.0287. The number of methoxy groups -OCH3 is 1. The number of fused-ring (bicyclic) bond motifs is 1. The van der Waals surface area contributed by atoms with Crippen LogP contribution in [0.4, 0.5) is 0 Å². The van der Waals surface area contributed by atoms with Gasteiger partial charge in [-0.25, -0.2) is 0 Å². The first-order valence-electron chi connectivity index (χ1n) is 5.18. The number of rotatable bonds is 1. The number of ether oxygens (including phenoxy) is 1. The summed E-state index contributed by atoms with van der Waals surface area (Å²) in [5.41, 5.74) is 5.79. The molecule has 1 nitrogen and oxygen atoms in total. The molecule has 0 aromatic heterocycles. The van der Waals surface area contributed by atoms with Crippen LogP contribution >= 0.6 is 0 Å². The van der Waals surface area contributed by atoms with Gasteiger partial charge in [-0.15, -0.1) is 0 Å². The van der Waals surface area contributed by atoms with Crippen molar-refractivity contribution in [2.75, 3.05) is 7.11 Å². The number of hydrogen-bond donors (Lipinski definition) is 0. The molecule has 0 fully saturated rings. The molecule has 0 amide bonds. The number of hydrogen-bond acceptors (Lipinski definition) is 1. The van der Waals surface area contributed by atoms with E-state index in [2.05, 4.69) is 32.9 Å². The monoisotopic (exact) mass is 190 g/mol. The van der Waals surface area contributed by atoms with Crippen LogP contribution in [0.15, 0.2) is 12.1 Å². The SMILES string of the molecule is COC1(C)Cc2cc(C)cc(C)c2C1. The summed E-state index contributed by atoms with van der Waals surface area (Å²) < 4.78 is 5.58. The van der Waals surface area contributed by atoms with Crippen LogP contribution in [-0.4, -0.2) is 12.7 Å². The molecule has 0 spiro atoms. The summed E-state index contributed by atoms with van der Waals surface area (Å²) in [6.45, 7) is 6.56. The zero-order valence-electron chi connectivity index (χ0n) is 9.48. The van der Waals surface area contributed by atoms with Crippen molar-refractivity contribution in [1.29, 1.82) is 0 Å². The highest BCUT2D eigenvalue weighted by atomic mass is 16.5. The molecular formula is C13H18O. The van der Waals surface area contributed by atoms with Crippen LogP contribution in [0.5, 0.6) is 0 Å². The van der Waals surface area contributed by atoms with Gasteiger partial charge in [0.25, 0.3) is 0 Å². The van der Waals surface area contributed by atoms with E-state index in [0.29, 0.717) is 0 Å². The van der Waals surface area contributed by atoms with E-state index in [1.165, 1.54) is 22.3 Å². The Morgan fingerprint density at radius 2 is 1.93 bits per heavy atom. The molecule has 0 aliphatic heterocycles. The van der Waals surface area contributed by atoms with Crippen molar-refractivity contribution >= 4 is 0 Å². The Balaban J connectivity index is 2.44. The molecule has 1 atom stereocenters. The largest absolute Gasteiger partial charge is 0.378 e. The van der Waals surface area contributed by atoms with Crippen LogP contribution in [0.1, 0.15) is 29.2 Å². The molecule has 1 unspecified atom stereocenters. The summed E-state index contributed by atoms with van der Waals surface area (Å²) in [7, 11) is 1.81. The molecule has 14 heavy (non-hydrogen) atoms. The van der Waals surface area contributed by atoms with Gasteiger partial charge in [-0.3, -0.25) is 0 Å². The summed E-state index contributed by atoms with van der Waals surface area (Å²) >= 11 is 0. The summed E-state index contributed by atoms with van der Waals surface area (Å²) in [5, 5.41) is 0. The average Bonchev–Trinajstić information content (AvgIpc) is 2.43. The fraction of sp³-hybridized carbons (Fsp3) is 0.538. The molecule has 0 N–H and O–H groups in total. The van der Waals surface area contributed by atoms with E-state index in [9.17, 15) is 0 Å². The van der Waals surface area contributed by atoms with Crippen molar-refractivity contribution in [1.82, 2.24) is 0 Å². The minimum Gasteiger partial charge on any atom is -0.378 e. The molecule has 1 aliphatic carbocycles. The fourth-order valence-electron chi connectivity index (χ4n) is 2.48. The molecule has 2 rings (SSSR count). The van der Waals surface area contributed by atoms with Gasteiger partial charge in [0.1, 0.15) is 0 Å². The van der Waals surface area contributed by atoms with Gasteiger partial charge in [-0.05, 0) is 37.5 Å². The van der Waals surface area contributed by atoms with Gasteiger partial charge in [0.05, 0.1) is 5.60 Å². The molecule has 0 radical (unpaired) electrons. The van der Waals surface area contributed by atoms with Crippen molar-refractivity contribution in [3.8, 4) is 0 Å². The van der Waals surface area contributed by atoms with Crippen LogP contribution < -0.4 is 0 Å². The van der Waals surface area contributed by atoms with Crippen LogP contribution in [0.25, 0.3) is 0 Å². The van der Waals surface area contributed by atoms with Gasteiger partial charge < -0.3 is 4.74 Å². The molecule has 0 bridgehead atoms. The third-order valence-corrected chi connectivity index (χ3v) is 3.32. The average molecular weight is 190 g/mol. The first kappa shape index (κ1) is 9.72. The first-order valence-corrected chi connectivity index (χ1v) is 5.18. The van der Waals surface area contributed by atoms with Gasteiger partial charge in [-0.2, -0.15) is 0 Å². The van der Waals surface area contributed by atoms with E-state index < -0.39 is 0 Å². The molecule has 0 saturated heterocycles. The normalized spacial score (nSPS) is 25.1. The number of benzene rings is 1. The third kappa shape index (κ3) is 1.46. The highest BCUT2D eigenvalue weighted by molar-refractivity contribution is 5.43. The molecule has 0 saturated carbocycles. The standard InChI is InChI=1S/C13H18O/c1-9-5-10(2)12-8-13(3,14-4)7-11(12)6-9/h5-6H,7-8H2,1-4H3. The quantitative estimate of drug-likeness (QED) is 0.661. The maximum Gasteiger partial charge on any atom is 0.0731 e. The summed E-state index contributed by atoms with van der Waals surface area (Å²) in [5.74, 6) is 0. The summed E-state index contributed by atoms with van der Waals surface area (Å²) in [6, 6.07) is 4.56. The van der Waals surface area contributed by atoms with Gasteiger partial charge >= 0.3 is 0 Å². The van der Waals surface area contributed by atoms with E-state index in [-0.39, 0.29) is 5.60 Å². The van der Waals surface area contributed by atoms with Crippen molar-refractivity contribution in [2.45, 2.75) is 39.2 Å². The smallest absolute Gasteiger partial charge is 0.0731 e. The Morgan fingerprint density at radius 3 is 2.57 bits per heavy atom. The van der Waals surface area contributed by atoms with Crippen molar-refractivity contribution in [2.24, 2.45) is 0 Å². The Hall–Kier alpha value is -0.820. The Bertz CT molecular complexity index is 368. The Kier molecular flexibility index (Phi) is 2.15. The Morgan fingerprint density at radius 1 is 1.21 bits per heavy atom. The van der Waals surface area contributed by atoms with Crippen molar-refractivity contribution < 1.29 is 4.74 Å². The van der Waals surface area contributed by atoms with Gasteiger partial charge in [-0.1, -0.05) is 17.7 Å². The zero-order chi connectivity index (χ0) is 10.3. The van der Waals surface area contributed by atoms with Gasteiger partial charge in [0.2, 0.25) is 0 Å². The zero-order valence-corrected chi connectivity index (χ0v) is 9.48. The molecule has 1 heteroatoms. The van der Waals surface area contributed by atoms with Gasteiger partial charge in [0.15, 0.2) is 0 Å². The Labute approximate surface area is 86.1 Å². The van der Waals surface area contributed by atoms with E-state index in [1.54, 1.807) is 0 Å². The van der Waals surface area contributed by atoms with Gasteiger partial charge in [0, 0.05) is 20.0 Å². The maximum atomic E-state index is 5.58. The van der Waals surface area contributed by atoms with E-state index >= 15 is 0 Å². The summed E-state index contributed by atoms with van der Waals surface area (Å²) in [6.07, 6.45) is 2.12. The highest BCUT2D eigenvalue weighted by Gasteiger charge is 2.33. The maximum absolute atomic E-state index is 5.58. The van der Waals surface area contributed by atoms with Crippen LogP contribution in [0.3, 0.4) is 0 Å². The van der Waals surface area contributed by atoms with Crippen molar-refractivity contribution in [3.05, 3.63) is 34.4 Å². The predicted octanol–water partition coefficient (Wildman–Crippen LogP) is 2.81. The summed E-state index contributed by atoms with van der Waals surface area (Å²) in [4.78, 5) is 0. The fourth-order valence-corrected chi connectivity index (χ4v) is 2.48. The lowest BCUT2D eigenvalue weighted by Crippen LogP contribution is -2.27. The lowest BCUT2D eigenvalue weighted by molar-refractivity contribution is 0.0155. The third-order valence-electron chi connectivity index (χ3n) is 3.32. The van der Waals surface area contributed by atoms with Crippen LogP contribution in [0, 0.1) is 13.8 Å². The molecule has 1 aliphatic rings. The second-order valence-electron chi connectivity index (χ2n) is 4.73. The van der Waals surface area contributed by atoms with E-state index in [1.807, 2.05) is 7.11 Å². The predicted molar refractivity (Wildman–Crippen MR) is 58.7 cm³/mol. The molecule has 1 aromatic rings. The van der Waals surface area contributed by atoms with Crippen LogP contribution in [0.2, 0.25) is 0 Å². The minimum absolute atomic E-state index is 0.0287. The van der Waals surface area contributed by atoms with E-state index in [4.69, 9.17) is 4.74 Å². The van der Waals surface area contributed by atoms with E-state index in [0.717, 1.165) is 12.8 Å². The second kappa shape index (κ2) is 3.09. The topological polar surface area (TPSA) is 9.23 Å². The lowest BCUT2D eigenvalue weighted by Gasteiger charge is -2.21. The molecular weight excluding hydrogens is 172 g/mol. The molecule has 0 heterocycles.